The first-order chi connectivity index (χ1) is 24.1. The van der Waals surface area contributed by atoms with Crippen LogP contribution in [0.3, 0.4) is 0 Å². The smallest absolute Gasteiger partial charge is 0.306 e. The van der Waals surface area contributed by atoms with Crippen LogP contribution in [0.5, 0.6) is 0 Å². The van der Waals surface area contributed by atoms with Crippen LogP contribution in [0.1, 0.15) is 86.4 Å². The van der Waals surface area contributed by atoms with Gasteiger partial charge >= 0.3 is 11.9 Å². The monoisotopic (exact) mass is 729 g/mol. The van der Waals surface area contributed by atoms with Crippen molar-refractivity contribution >= 4 is 41.0 Å². The van der Waals surface area contributed by atoms with Crippen LogP contribution in [0.25, 0.3) is 0 Å². The Labute approximate surface area is 302 Å². The number of carbonyl (C=O) groups is 5. The number of carbonyl (C=O) groups excluding carboxylic acids is 4. The van der Waals surface area contributed by atoms with Gasteiger partial charge in [-0.1, -0.05) is 20.8 Å². The van der Waals surface area contributed by atoms with Crippen molar-refractivity contribution in [3.05, 3.63) is 39.9 Å². The summed E-state index contributed by atoms with van der Waals surface area (Å²) >= 11 is 1.15. The van der Waals surface area contributed by atoms with E-state index >= 15 is 0 Å². The summed E-state index contributed by atoms with van der Waals surface area (Å²) in [6.07, 6.45) is 4.71. The number of thiazole rings is 1. The van der Waals surface area contributed by atoms with Crippen LogP contribution in [0.2, 0.25) is 0 Å². The van der Waals surface area contributed by atoms with Crippen LogP contribution in [-0.4, -0.2) is 118 Å². The van der Waals surface area contributed by atoms with Crippen molar-refractivity contribution < 1.29 is 38.6 Å². The van der Waals surface area contributed by atoms with Gasteiger partial charge < -0.3 is 30.1 Å². The molecule has 0 radical (unpaired) electrons. The van der Waals surface area contributed by atoms with E-state index in [2.05, 4.69) is 25.6 Å². The Morgan fingerprint density at radius 2 is 1.80 bits per heavy atom. The summed E-state index contributed by atoms with van der Waals surface area (Å²) in [6, 6.07) is -2.16. The summed E-state index contributed by atoms with van der Waals surface area (Å²) in [5.74, 6) is -2.79. The Morgan fingerprint density at radius 3 is 2.39 bits per heavy atom. The predicted molar refractivity (Wildman–Crippen MR) is 188 cm³/mol. The molecule has 2 fully saturated rings. The molecule has 1 aliphatic carbocycles. The Balaban J connectivity index is 1.49. The molecule has 0 aromatic carbocycles. The van der Waals surface area contributed by atoms with Gasteiger partial charge in [0, 0.05) is 63.2 Å². The van der Waals surface area contributed by atoms with Crippen molar-refractivity contribution in [1.29, 1.82) is 0 Å². The van der Waals surface area contributed by atoms with E-state index in [1.54, 1.807) is 36.6 Å². The number of esters is 1. The number of aryl methyl sites for hydroxylation is 1. The minimum Gasteiger partial charge on any atom is -0.481 e. The molecule has 3 heterocycles. The first-order valence-corrected chi connectivity index (χ1v) is 18.3. The van der Waals surface area contributed by atoms with Gasteiger partial charge in [0.1, 0.15) is 28.6 Å². The summed E-state index contributed by atoms with van der Waals surface area (Å²) in [7, 11) is 3.56. The molecule has 51 heavy (non-hydrogen) atoms. The maximum absolute atomic E-state index is 14.0. The average molecular weight is 730 g/mol. The van der Waals surface area contributed by atoms with E-state index in [1.165, 1.54) is 6.92 Å². The zero-order valence-corrected chi connectivity index (χ0v) is 31.3. The number of ether oxygens (including phenoxy) is 2. The quantitative estimate of drug-likeness (QED) is 0.202. The van der Waals surface area contributed by atoms with Crippen LogP contribution >= 0.6 is 11.3 Å². The SMILES string of the molecule is CC(=O)O[C@H](C[C@H](C(C)C)N(C)C(=O)[C@@H](NC(=O)[C@H]1COCCN1C)C1CC1)c1nc(C(=O)N[C@@H](Cc2ncc(C)cn2)C[C@H](C)C(=O)O)cs1. The lowest BCUT2D eigenvalue weighted by Gasteiger charge is -2.37. The fourth-order valence-electron chi connectivity index (χ4n) is 6.17. The van der Waals surface area contributed by atoms with Gasteiger partial charge in [0.15, 0.2) is 6.10 Å². The standard InChI is InChI=1S/C35H51N7O8S/c1-19(2)26(42(7)34(46)30(23-8-9-23)40-32(45)27-17-49-11-10-41(27)6)14-28(50-22(5)43)33-39-25(18-51-33)31(44)38-24(12-21(4)35(47)48)13-29-36-15-20(3)16-37-29/h15-16,18-19,21,23-24,26-28,30H,8-14,17H2,1-7H3,(H,38,44)(H,40,45)(H,47,48)/t21-,24+,26+,27+,28+,30-/m0/s1. The van der Waals surface area contributed by atoms with Crippen LogP contribution in [-0.2, 0) is 35.1 Å². The molecule has 1 saturated carbocycles. The molecule has 3 N–H and O–H groups in total. The Morgan fingerprint density at radius 1 is 1.12 bits per heavy atom. The maximum Gasteiger partial charge on any atom is 0.306 e. The number of nitrogens with one attached hydrogen (secondary N) is 2. The summed E-state index contributed by atoms with van der Waals surface area (Å²) in [6.45, 7) is 10.1. The van der Waals surface area contributed by atoms with Gasteiger partial charge in [0.2, 0.25) is 11.8 Å². The van der Waals surface area contributed by atoms with Crippen LogP contribution < -0.4 is 10.6 Å². The molecular formula is C35H51N7O8S. The van der Waals surface area contributed by atoms with Crippen molar-refractivity contribution in [2.75, 3.05) is 33.9 Å². The number of hydrogen-bond donors (Lipinski definition) is 3. The normalized spacial score (nSPS) is 19.3. The van der Waals surface area contributed by atoms with E-state index in [4.69, 9.17) is 9.47 Å². The number of aromatic nitrogens is 3. The van der Waals surface area contributed by atoms with Gasteiger partial charge in [-0.2, -0.15) is 0 Å². The van der Waals surface area contributed by atoms with Crippen molar-refractivity contribution in [2.45, 2.75) is 97.0 Å². The number of likely N-dealkylation sites (N-methyl/N-ethyl adjacent to an activating group) is 2. The first kappa shape index (κ1) is 39.8. The molecule has 2 aliphatic rings. The number of nitrogens with zero attached hydrogens (tertiary/aromatic N) is 5. The molecule has 15 nitrogen and oxygen atoms in total. The third-order valence-corrected chi connectivity index (χ3v) is 10.4. The highest BCUT2D eigenvalue weighted by Crippen LogP contribution is 2.35. The van der Waals surface area contributed by atoms with E-state index in [-0.39, 0.29) is 55.2 Å². The highest BCUT2D eigenvalue weighted by atomic mass is 32.1. The van der Waals surface area contributed by atoms with E-state index < -0.39 is 54.0 Å². The molecule has 1 aliphatic heterocycles. The molecule has 4 rings (SSSR count). The van der Waals surface area contributed by atoms with Gasteiger partial charge in [0.05, 0.1) is 19.1 Å². The lowest BCUT2D eigenvalue weighted by Crippen LogP contribution is -2.58. The van der Waals surface area contributed by atoms with E-state index in [0.29, 0.717) is 24.0 Å². The Hall–Kier alpha value is -4.02. The molecule has 16 heteroatoms. The van der Waals surface area contributed by atoms with Crippen LogP contribution in [0.15, 0.2) is 17.8 Å². The zero-order valence-electron chi connectivity index (χ0n) is 30.5. The zero-order chi connectivity index (χ0) is 37.4. The largest absolute Gasteiger partial charge is 0.481 e. The number of aliphatic carboxylic acids is 1. The second kappa shape index (κ2) is 18.0. The topological polar surface area (TPSA) is 193 Å². The molecule has 0 bridgehead atoms. The maximum atomic E-state index is 14.0. The van der Waals surface area contributed by atoms with Gasteiger partial charge in [0.25, 0.3) is 5.91 Å². The Kier molecular flexibility index (Phi) is 14.0. The first-order valence-electron chi connectivity index (χ1n) is 17.4. The second-order valence-corrected chi connectivity index (χ2v) is 15.0. The molecule has 3 amide bonds. The van der Waals surface area contributed by atoms with Crippen LogP contribution in [0.4, 0.5) is 0 Å². The highest BCUT2D eigenvalue weighted by molar-refractivity contribution is 7.09. The van der Waals surface area contributed by atoms with E-state index in [1.807, 2.05) is 32.7 Å². The van der Waals surface area contributed by atoms with Crippen molar-refractivity contribution in [3.63, 3.8) is 0 Å². The summed E-state index contributed by atoms with van der Waals surface area (Å²) in [5, 5.41) is 17.4. The minimum atomic E-state index is -0.986. The molecule has 1 saturated heterocycles. The highest BCUT2D eigenvalue weighted by Gasteiger charge is 2.42. The molecule has 280 valence electrons. The molecular weight excluding hydrogens is 678 g/mol. The summed E-state index contributed by atoms with van der Waals surface area (Å²) in [4.78, 5) is 81.4. The lowest BCUT2D eigenvalue weighted by atomic mass is 9.95. The van der Waals surface area contributed by atoms with Gasteiger partial charge in [-0.05, 0) is 50.6 Å². The van der Waals surface area contributed by atoms with Crippen molar-refractivity contribution in [1.82, 2.24) is 35.4 Å². The van der Waals surface area contributed by atoms with Gasteiger partial charge in [-0.25, -0.2) is 15.0 Å². The lowest BCUT2D eigenvalue weighted by molar-refractivity contribution is -0.149. The summed E-state index contributed by atoms with van der Waals surface area (Å²) in [5.41, 5.74) is 0.960. The average Bonchev–Trinajstić information content (AvgIpc) is 3.80. The number of carboxylic acid groups (broad SMARTS) is 1. The van der Waals surface area contributed by atoms with Gasteiger partial charge in [-0.3, -0.25) is 28.9 Å². The second-order valence-electron chi connectivity index (χ2n) is 14.1. The third-order valence-electron chi connectivity index (χ3n) is 9.42. The number of morpholine rings is 1. The fraction of sp³-hybridized carbons (Fsp3) is 0.657. The Bertz CT molecular complexity index is 1530. The van der Waals surface area contributed by atoms with Gasteiger partial charge in [-0.15, -0.1) is 11.3 Å². The number of hydrogen-bond acceptors (Lipinski definition) is 12. The summed E-state index contributed by atoms with van der Waals surface area (Å²) < 4.78 is 11.3. The molecule has 2 aromatic rings. The van der Waals surface area contributed by atoms with E-state index in [9.17, 15) is 29.1 Å². The fourth-order valence-corrected chi connectivity index (χ4v) is 7.01. The predicted octanol–water partition coefficient (Wildman–Crippen LogP) is 2.40. The number of amides is 3. The third kappa shape index (κ3) is 11.2. The number of rotatable bonds is 17. The molecule has 6 atom stereocenters. The minimum absolute atomic E-state index is 0.0377. The van der Waals surface area contributed by atoms with Crippen molar-refractivity contribution in [3.8, 4) is 0 Å². The number of carboxylic acids is 1. The molecule has 0 spiro atoms. The van der Waals surface area contributed by atoms with Crippen LogP contribution in [0, 0.1) is 24.7 Å². The van der Waals surface area contributed by atoms with E-state index in [0.717, 1.165) is 29.7 Å². The van der Waals surface area contributed by atoms with Crippen molar-refractivity contribution in [2.24, 2.45) is 17.8 Å². The molecule has 2 aromatic heterocycles. The molecule has 0 unspecified atom stereocenters.